The molecule has 1 amide bonds. The number of hydrogen-bond acceptors (Lipinski definition) is 5. The van der Waals surface area contributed by atoms with Gasteiger partial charge in [0.2, 0.25) is 0 Å². The average Bonchev–Trinajstić information content (AvgIpc) is 3.29. The number of aromatic nitrogens is 1. The molecule has 2 unspecified atom stereocenters. The minimum absolute atomic E-state index is 0.190. The molecule has 0 saturated carbocycles. The molecule has 2 aliphatic heterocycles. The topological polar surface area (TPSA) is 58.8 Å². The van der Waals surface area contributed by atoms with Crippen LogP contribution in [0, 0.1) is 11.8 Å². The van der Waals surface area contributed by atoms with Gasteiger partial charge in [-0.05, 0) is 39.0 Å². The van der Waals surface area contributed by atoms with Crippen molar-refractivity contribution in [3.8, 4) is 11.3 Å². The lowest BCUT2D eigenvalue weighted by molar-refractivity contribution is 0.0282. The van der Waals surface area contributed by atoms with Crippen molar-refractivity contribution in [1.29, 1.82) is 0 Å². The Hall–Kier alpha value is -2.50. The number of carbonyl (C=O) groups excluding carboxylic acids is 1. The Morgan fingerprint density at radius 3 is 2.42 bits per heavy atom. The standard InChI is InChI=1S/C20H25N3O3/c1-20(2,3)26-19(24)23-11-15-9-22(10-16(15)12-23)17-4-5-18(21-8-17)14-6-7-25-13-14/h4-8,13,15-16H,9-12H2,1-3H3. The zero-order valence-corrected chi connectivity index (χ0v) is 15.5. The monoisotopic (exact) mass is 355 g/mol. The quantitative estimate of drug-likeness (QED) is 0.823. The second-order valence-corrected chi connectivity index (χ2v) is 8.22. The summed E-state index contributed by atoms with van der Waals surface area (Å²) in [4.78, 5) is 21.1. The van der Waals surface area contributed by atoms with Gasteiger partial charge in [-0.15, -0.1) is 0 Å². The van der Waals surface area contributed by atoms with Crippen LogP contribution in [0.5, 0.6) is 0 Å². The summed E-state index contributed by atoms with van der Waals surface area (Å²) in [6.07, 6.45) is 5.09. The molecule has 0 radical (unpaired) electrons. The summed E-state index contributed by atoms with van der Waals surface area (Å²) >= 11 is 0. The van der Waals surface area contributed by atoms with Gasteiger partial charge in [-0.1, -0.05) is 0 Å². The largest absolute Gasteiger partial charge is 0.472 e. The van der Waals surface area contributed by atoms with Gasteiger partial charge < -0.3 is 19.0 Å². The molecule has 4 rings (SSSR count). The minimum atomic E-state index is -0.441. The lowest BCUT2D eigenvalue weighted by Crippen LogP contribution is -2.37. The first kappa shape index (κ1) is 16.9. The van der Waals surface area contributed by atoms with Crippen molar-refractivity contribution in [2.75, 3.05) is 31.1 Å². The van der Waals surface area contributed by atoms with Crippen LogP contribution in [-0.2, 0) is 4.74 Å². The molecular formula is C20H25N3O3. The Balaban J connectivity index is 1.37. The highest BCUT2D eigenvalue weighted by molar-refractivity contribution is 5.69. The number of ether oxygens (including phenoxy) is 1. The molecule has 0 spiro atoms. The maximum Gasteiger partial charge on any atom is 0.410 e. The highest BCUT2D eigenvalue weighted by atomic mass is 16.6. The number of pyridine rings is 1. The van der Waals surface area contributed by atoms with E-state index in [4.69, 9.17) is 9.15 Å². The summed E-state index contributed by atoms with van der Waals surface area (Å²) in [5.41, 5.74) is 2.60. The van der Waals surface area contributed by atoms with Gasteiger partial charge in [0.1, 0.15) is 5.60 Å². The first-order chi connectivity index (χ1) is 12.4. The van der Waals surface area contributed by atoms with E-state index >= 15 is 0 Å². The number of hydrogen-bond donors (Lipinski definition) is 0. The van der Waals surface area contributed by atoms with E-state index in [1.54, 1.807) is 12.5 Å². The summed E-state index contributed by atoms with van der Waals surface area (Å²) in [5, 5.41) is 0. The van der Waals surface area contributed by atoms with E-state index < -0.39 is 5.60 Å². The van der Waals surface area contributed by atoms with E-state index in [0.717, 1.165) is 43.1 Å². The van der Waals surface area contributed by atoms with Crippen LogP contribution in [0.25, 0.3) is 11.3 Å². The molecule has 0 aliphatic carbocycles. The number of nitrogens with zero attached hydrogens (tertiary/aromatic N) is 3. The van der Waals surface area contributed by atoms with Gasteiger partial charge in [0.15, 0.2) is 0 Å². The first-order valence-electron chi connectivity index (χ1n) is 9.10. The summed E-state index contributed by atoms with van der Waals surface area (Å²) in [6.45, 7) is 9.18. The Morgan fingerprint density at radius 1 is 1.15 bits per heavy atom. The number of amides is 1. The zero-order chi connectivity index (χ0) is 18.3. The molecule has 138 valence electrons. The second kappa shape index (κ2) is 6.34. The third-order valence-corrected chi connectivity index (χ3v) is 5.07. The van der Waals surface area contributed by atoms with Crippen molar-refractivity contribution >= 4 is 11.8 Å². The Morgan fingerprint density at radius 2 is 1.88 bits per heavy atom. The fourth-order valence-electron chi connectivity index (χ4n) is 3.83. The summed E-state index contributed by atoms with van der Waals surface area (Å²) < 4.78 is 10.6. The Bertz CT molecular complexity index is 751. The molecule has 0 aromatic carbocycles. The van der Waals surface area contributed by atoms with E-state index in [-0.39, 0.29) is 6.09 Å². The SMILES string of the molecule is CC(C)(C)OC(=O)N1CC2CN(c3ccc(-c4ccoc4)nc3)CC2C1. The molecule has 2 aromatic rings. The van der Waals surface area contributed by atoms with Crippen LogP contribution < -0.4 is 4.90 Å². The molecule has 6 nitrogen and oxygen atoms in total. The average molecular weight is 355 g/mol. The normalized spacial score (nSPS) is 22.6. The van der Waals surface area contributed by atoms with Gasteiger partial charge >= 0.3 is 6.09 Å². The number of fused-ring (bicyclic) bond motifs is 1. The van der Waals surface area contributed by atoms with Crippen LogP contribution in [0.3, 0.4) is 0 Å². The molecule has 2 aromatic heterocycles. The molecule has 6 heteroatoms. The number of anilines is 1. The van der Waals surface area contributed by atoms with Crippen LogP contribution in [0.1, 0.15) is 20.8 Å². The van der Waals surface area contributed by atoms with Crippen molar-refractivity contribution in [3.63, 3.8) is 0 Å². The molecule has 2 atom stereocenters. The third kappa shape index (κ3) is 3.41. The van der Waals surface area contributed by atoms with Crippen LogP contribution in [0.15, 0.2) is 41.3 Å². The van der Waals surface area contributed by atoms with E-state index in [1.807, 2.05) is 44.0 Å². The molecule has 2 aliphatic rings. The van der Waals surface area contributed by atoms with Crippen molar-refractivity contribution in [3.05, 3.63) is 36.9 Å². The van der Waals surface area contributed by atoms with E-state index in [1.165, 1.54) is 0 Å². The number of furan rings is 1. The van der Waals surface area contributed by atoms with Crippen molar-refractivity contribution in [2.24, 2.45) is 11.8 Å². The van der Waals surface area contributed by atoms with Crippen LogP contribution in [0.4, 0.5) is 10.5 Å². The molecule has 26 heavy (non-hydrogen) atoms. The summed E-state index contributed by atoms with van der Waals surface area (Å²) in [6, 6.07) is 6.05. The number of carbonyl (C=O) groups is 1. The van der Waals surface area contributed by atoms with Gasteiger partial charge in [-0.25, -0.2) is 4.79 Å². The predicted octanol–water partition coefficient (Wildman–Crippen LogP) is 3.64. The fraction of sp³-hybridized carbons (Fsp3) is 0.500. The smallest absolute Gasteiger partial charge is 0.410 e. The van der Waals surface area contributed by atoms with Crippen molar-refractivity contribution in [1.82, 2.24) is 9.88 Å². The molecule has 2 saturated heterocycles. The first-order valence-corrected chi connectivity index (χ1v) is 9.10. The lowest BCUT2D eigenvalue weighted by Gasteiger charge is -2.26. The number of rotatable bonds is 2. The van der Waals surface area contributed by atoms with Gasteiger partial charge in [0.25, 0.3) is 0 Å². The van der Waals surface area contributed by atoms with Crippen molar-refractivity contribution < 1.29 is 13.9 Å². The molecule has 2 fully saturated rings. The maximum absolute atomic E-state index is 12.3. The van der Waals surface area contributed by atoms with Crippen molar-refractivity contribution in [2.45, 2.75) is 26.4 Å². The van der Waals surface area contributed by atoms with E-state index in [2.05, 4.69) is 16.0 Å². The maximum atomic E-state index is 12.3. The van der Waals surface area contributed by atoms with E-state index in [0.29, 0.717) is 11.8 Å². The third-order valence-electron chi connectivity index (χ3n) is 5.07. The minimum Gasteiger partial charge on any atom is -0.472 e. The fourth-order valence-corrected chi connectivity index (χ4v) is 3.83. The zero-order valence-electron chi connectivity index (χ0n) is 15.5. The van der Waals surface area contributed by atoms with Gasteiger partial charge in [-0.2, -0.15) is 0 Å². The van der Waals surface area contributed by atoms with Gasteiger partial charge in [0, 0.05) is 43.6 Å². The second-order valence-electron chi connectivity index (χ2n) is 8.22. The van der Waals surface area contributed by atoms with Gasteiger partial charge in [-0.3, -0.25) is 4.98 Å². The van der Waals surface area contributed by atoms with Crippen LogP contribution >= 0.6 is 0 Å². The summed E-state index contributed by atoms with van der Waals surface area (Å²) in [7, 11) is 0. The number of likely N-dealkylation sites (tertiary alicyclic amines) is 1. The Labute approximate surface area is 153 Å². The summed E-state index contributed by atoms with van der Waals surface area (Å²) in [5.74, 6) is 0.993. The lowest BCUT2D eigenvalue weighted by atomic mass is 10.0. The van der Waals surface area contributed by atoms with Crippen LogP contribution in [-0.4, -0.2) is 47.8 Å². The molecule has 0 N–H and O–H groups in total. The van der Waals surface area contributed by atoms with Crippen LogP contribution in [0.2, 0.25) is 0 Å². The van der Waals surface area contributed by atoms with Gasteiger partial charge in [0.05, 0.1) is 30.1 Å². The highest BCUT2D eigenvalue weighted by Crippen LogP contribution is 2.34. The Kier molecular flexibility index (Phi) is 4.13. The molecular weight excluding hydrogens is 330 g/mol. The molecule has 4 heterocycles. The van der Waals surface area contributed by atoms with E-state index in [9.17, 15) is 4.79 Å². The highest BCUT2D eigenvalue weighted by Gasteiger charge is 2.42. The predicted molar refractivity (Wildman–Crippen MR) is 98.9 cm³/mol. The molecule has 0 bridgehead atoms.